The Bertz CT molecular complexity index is 814. The van der Waals surface area contributed by atoms with Gasteiger partial charge < -0.3 is 15.0 Å². The number of para-hydroxylation sites is 1. The second-order valence-corrected chi connectivity index (χ2v) is 6.47. The van der Waals surface area contributed by atoms with Crippen molar-refractivity contribution < 1.29 is 4.74 Å². The number of hydrogen-bond acceptors (Lipinski definition) is 4. The van der Waals surface area contributed by atoms with E-state index in [2.05, 4.69) is 59.7 Å². The lowest BCUT2D eigenvalue weighted by Crippen LogP contribution is -2.31. The van der Waals surface area contributed by atoms with Gasteiger partial charge in [-0.15, -0.1) is 0 Å². The molecular formula is C21H26N4O. The minimum atomic E-state index is 0.265. The van der Waals surface area contributed by atoms with Crippen molar-refractivity contribution in [3.63, 3.8) is 0 Å². The second kappa shape index (κ2) is 8.65. The minimum Gasteiger partial charge on any atom is -0.497 e. The fourth-order valence-electron chi connectivity index (χ4n) is 2.96. The predicted molar refractivity (Wildman–Crippen MR) is 105 cm³/mol. The zero-order valence-corrected chi connectivity index (χ0v) is 15.6. The van der Waals surface area contributed by atoms with E-state index in [-0.39, 0.29) is 6.04 Å². The Hall–Kier alpha value is -2.63. The molecule has 3 aromatic rings. The van der Waals surface area contributed by atoms with Crippen LogP contribution in [-0.4, -0.2) is 42.4 Å². The van der Waals surface area contributed by atoms with Crippen molar-refractivity contribution in [1.29, 1.82) is 0 Å². The highest BCUT2D eigenvalue weighted by Gasteiger charge is 2.14. The van der Waals surface area contributed by atoms with Gasteiger partial charge in [0.25, 0.3) is 0 Å². The average Bonchev–Trinajstić information content (AvgIpc) is 3.14. The summed E-state index contributed by atoms with van der Waals surface area (Å²) in [7, 11) is 5.89. The summed E-state index contributed by atoms with van der Waals surface area (Å²) < 4.78 is 7.26. The molecule has 0 bridgehead atoms. The topological polar surface area (TPSA) is 42.3 Å². The van der Waals surface area contributed by atoms with Crippen molar-refractivity contribution in [2.24, 2.45) is 0 Å². The Morgan fingerprint density at radius 1 is 1.08 bits per heavy atom. The monoisotopic (exact) mass is 350 g/mol. The molecule has 0 aliphatic heterocycles. The van der Waals surface area contributed by atoms with E-state index in [0.29, 0.717) is 0 Å². The summed E-state index contributed by atoms with van der Waals surface area (Å²) in [5, 5.41) is 8.17. The van der Waals surface area contributed by atoms with Gasteiger partial charge in [0.1, 0.15) is 5.75 Å². The molecule has 0 spiro atoms. The zero-order chi connectivity index (χ0) is 18.4. The maximum absolute atomic E-state index is 5.35. The molecule has 0 saturated heterocycles. The number of hydrogen-bond donors (Lipinski definition) is 1. The smallest absolute Gasteiger partial charge is 0.119 e. The van der Waals surface area contributed by atoms with Crippen LogP contribution in [0.2, 0.25) is 0 Å². The first-order valence-corrected chi connectivity index (χ1v) is 8.78. The molecule has 1 heterocycles. The van der Waals surface area contributed by atoms with Gasteiger partial charge in [0.15, 0.2) is 0 Å². The molecule has 1 unspecified atom stereocenters. The second-order valence-electron chi connectivity index (χ2n) is 6.47. The van der Waals surface area contributed by atoms with Gasteiger partial charge >= 0.3 is 0 Å². The van der Waals surface area contributed by atoms with Crippen molar-refractivity contribution in [1.82, 2.24) is 20.0 Å². The Kier molecular flexibility index (Phi) is 6.04. The van der Waals surface area contributed by atoms with Crippen LogP contribution in [0.25, 0.3) is 5.69 Å². The molecule has 0 aliphatic carbocycles. The number of nitrogens with one attached hydrogen (secondary N) is 1. The summed E-state index contributed by atoms with van der Waals surface area (Å²) in [6, 6.07) is 20.7. The van der Waals surface area contributed by atoms with E-state index in [1.807, 2.05) is 41.2 Å². The molecule has 5 heteroatoms. The van der Waals surface area contributed by atoms with E-state index in [0.717, 1.165) is 30.2 Å². The number of ether oxygens (including phenoxy) is 1. The van der Waals surface area contributed by atoms with Crippen molar-refractivity contribution in [3.8, 4) is 11.4 Å². The molecule has 2 aromatic carbocycles. The maximum atomic E-state index is 5.35. The Morgan fingerprint density at radius 2 is 1.88 bits per heavy atom. The Balaban J connectivity index is 1.61. The van der Waals surface area contributed by atoms with Gasteiger partial charge in [-0.05, 0) is 50.0 Å². The van der Waals surface area contributed by atoms with Crippen molar-refractivity contribution in [3.05, 3.63) is 78.1 Å². The third-order valence-electron chi connectivity index (χ3n) is 4.41. The first kappa shape index (κ1) is 18.2. The molecule has 136 valence electrons. The van der Waals surface area contributed by atoms with Crippen LogP contribution in [0.15, 0.2) is 66.9 Å². The van der Waals surface area contributed by atoms with Crippen LogP contribution in [0, 0.1) is 0 Å². The molecular weight excluding hydrogens is 324 g/mol. The van der Waals surface area contributed by atoms with Crippen molar-refractivity contribution in [2.45, 2.75) is 12.6 Å². The van der Waals surface area contributed by atoms with Gasteiger partial charge in [-0.3, -0.25) is 0 Å². The fourth-order valence-corrected chi connectivity index (χ4v) is 2.96. The van der Waals surface area contributed by atoms with Crippen LogP contribution in [0.3, 0.4) is 0 Å². The molecule has 1 atom stereocenters. The molecule has 0 fully saturated rings. The Morgan fingerprint density at radius 3 is 2.62 bits per heavy atom. The van der Waals surface area contributed by atoms with Crippen LogP contribution < -0.4 is 10.1 Å². The summed E-state index contributed by atoms with van der Waals surface area (Å²) in [6.45, 7) is 1.56. The van der Waals surface area contributed by atoms with E-state index >= 15 is 0 Å². The summed E-state index contributed by atoms with van der Waals surface area (Å²) in [5.41, 5.74) is 3.33. The fraction of sp³-hybridized carbons (Fsp3) is 0.286. The lowest BCUT2D eigenvalue weighted by molar-refractivity contribution is 0.287. The summed E-state index contributed by atoms with van der Waals surface area (Å²) in [4.78, 5) is 2.21. The molecule has 0 saturated carbocycles. The Labute approximate surface area is 155 Å². The SMILES string of the molecule is COc1cccc(C(CNCc2ccn(-c3ccccc3)n2)N(C)C)c1. The number of benzene rings is 2. The minimum absolute atomic E-state index is 0.265. The van der Waals surface area contributed by atoms with E-state index in [1.54, 1.807) is 7.11 Å². The summed E-state index contributed by atoms with van der Waals surface area (Å²) in [6.07, 6.45) is 2.00. The first-order valence-electron chi connectivity index (χ1n) is 8.78. The molecule has 0 aliphatic rings. The van der Waals surface area contributed by atoms with Gasteiger partial charge in [0.05, 0.1) is 18.5 Å². The molecule has 0 amide bonds. The highest BCUT2D eigenvalue weighted by Crippen LogP contribution is 2.22. The molecule has 26 heavy (non-hydrogen) atoms. The number of nitrogens with zero attached hydrogens (tertiary/aromatic N) is 3. The largest absolute Gasteiger partial charge is 0.497 e. The molecule has 1 N–H and O–H groups in total. The first-order chi connectivity index (χ1) is 12.7. The maximum Gasteiger partial charge on any atom is 0.119 e. The molecule has 5 nitrogen and oxygen atoms in total. The van der Waals surface area contributed by atoms with E-state index in [1.165, 1.54) is 5.56 Å². The number of aromatic nitrogens is 2. The normalized spacial score (nSPS) is 12.3. The zero-order valence-electron chi connectivity index (χ0n) is 15.6. The van der Waals surface area contributed by atoms with Crippen molar-refractivity contribution >= 4 is 0 Å². The van der Waals surface area contributed by atoms with E-state index in [4.69, 9.17) is 4.74 Å². The highest BCUT2D eigenvalue weighted by atomic mass is 16.5. The molecule has 1 aromatic heterocycles. The third-order valence-corrected chi connectivity index (χ3v) is 4.41. The quantitative estimate of drug-likeness (QED) is 0.677. The van der Waals surface area contributed by atoms with Gasteiger partial charge in [-0.1, -0.05) is 30.3 Å². The van der Waals surface area contributed by atoms with Crippen molar-refractivity contribution in [2.75, 3.05) is 27.7 Å². The summed E-state index contributed by atoms with van der Waals surface area (Å²) in [5.74, 6) is 0.885. The van der Waals surface area contributed by atoms with Gasteiger partial charge in [-0.25, -0.2) is 4.68 Å². The van der Waals surface area contributed by atoms with Gasteiger partial charge in [0, 0.05) is 25.3 Å². The number of rotatable bonds is 8. The highest BCUT2D eigenvalue weighted by molar-refractivity contribution is 5.31. The third kappa shape index (κ3) is 4.50. The van der Waals surface area contributed by atoms with Crippen LogP contribution in [0.1, 0.15) is 17.3 Å². The summed E-state index contributed by atoms with van der Waals surface area (Å²) >= 11 is 0. The van der Waals surface area contributed by atoms with Crippen LogP contribution in [-0.2, 0) is 6.54 Å². The standard InChI is InChI=1S/C21H26N4O/c1-24(2)21(17-8-7-11-20(14-17)26-3)16-22-15-18-12-13-25(23-18)19-9-5-4-6-10-19/h4-14,21-22H,15-16H2,1-3H3. The predicted octanol–water partition coefficient (Wildman–Crippen LogP) is 3.27. The van der Waals surface area contributed by atoms with E-state index < -0.39 is 0 Å². The molecule has 3 rings (SSSR count). The van der Waals surface area contributed by atoms with E-state index in [9.17, 15) is 0 Å². The lowest BCUT2D eigenvalue weighted by atomic mass is 10.1. The van der Waals surface area contributed by atoms with Crippen LogP contribution in [0.5, 0.6) is 5.75 Å². The van der Waals surface area contributed by atoms with Gasteiger partial charge in [-0.2, -0.15) is 5.10 Å². The lowest BCUT2D eigenvalue weighted by Gasteiger charge is -2.25. The average molecular weight is 350 g/mol. The van der Waals surface area contributed by atoms with Crippen LogP contribution >= 0.6 is 0 Å². The van der Waals surface area contributed by atoms with Gasteiger partial charge in [0.2, 0.25) is 0 Å². The molecule has 0 radical (unpaired) electrons. The number of methoxy groups -OCH3 is 1. The number of likely N-dealkylation sites (N-methyl/N-ethyl adjacent to an activating group) is 1. The van der Waals surface area contributed by atoms with Crippen LogP contribution in [0.4, 0.5) is 0 Å².